The molecular formula is C16H12F3NO3. The molecule has 3 rings (SSSR count). The lowest BCUT2D eigenvalue weighted by atomic mass is 9.80. The third kappa shape index (κ3) is 2.28. The molecule has 2 aromatic rings. The molecule has 2 aromatic carbocycles. The number of methoxy groups -OCH3 is 1. The minimum Gasteiger partial charge on any atom is -0.497 e. The van der Waals surface area contributed by atoms with Crippen LogP contribution in [0.15, 0.2) is 48.5 Å². The lowest BCUT2D eigenvalue weighted by Gasteiger charge is -2.40. The smallest absolute Gasteiger partial charge is 0.420 e. The quantitative estimate of drug-likeness (QED) is 0.918. The van der Waals surface area contributed by atoms with Gasteiger partial charge < -0.3 is 9.47 Å². The van der Waals surface area contributed by atoms with Crippen LogP contribution in [0.25, 0.3) is 0 Å². The van der Waals surface area contributed by atoms with Crippen molar-refractivity contribution < 1.29 is 27.4 Å². The molecule has 0 radical (unpaired) electrons. The number of alkyl halides is 3. The van der Waals surface area contributed by atoms with Crippen LogP contribution in [0.4, 0.5) is 18.0 Å². The van der Waals surface area contributed by atoms with E-state index in [4.69, 9.17) is 9.47 Å². The topological polar surface area (TPSA) is 47.6 Å². The van der Waals surface area contributed by atoms with Crippen LogP contribution in [-0.4, -0.2) is 19.4 Å². The first-order valence-electron chi connectivity index (χ1n) is 6.69. The molecule has 1 atom stereocenters. The van der Waals surface area contributed by atoms with Crippen LogP contribution in [0.2, 0.25) is 0 Å². The first-order valence-corrected chi connectivity index (χ1v) is 6.69. The van der Waals surface area contributed by atoms with Crippen LogP contribution >= 0.6 is 0 Å². The highest BCUT2D eigenvalue weighted by Gasteiger charge is 2.61. The predicted octanol–water partition coefficient (Wildman–Crippen LogP) is 3.60. The van der Waals surface area contributed by atoms with Gasteiger partial charge in [0.1, 0.15) is 11.5 Å². The van der Waals surface area contributed by atoms with Gasteiger partial charge in [0.2, 0.25) is 0 Å². The number of nitrogens with one attached hydrogen (secondary N) is 1. The first kappa shape index (κ1) is 15.2. The fourth-order valence-corrected chi connectivity index (χ4v) is 2.67. The van der Waals surface area contributed by atoms with E-state index in [0.29, 0.717) is 5.75 Å². The van der Waals surface area contributed by atoms with Crippen molar-refractivity contribution in [2.24, 2.45) is 0 Å². The molecule has 1 N–H and O–H groups in total. The maximum absolute atomic E-state index is 14.0. The number of fused-ring (bicyclic) bond motifs is 1. The lowest BCUT2D eigenvalue weighted by molar-refractivity contribution is -0.187. The molecule has 0 saturated heterocycles. The fourth-order valence-electron chi connectivity index (χ4n) is 2.67. The fraction of sp³-hybridized carbons (Fsp3) is 0.188. The zero-order valence-electron chi connectivity index (χ0n) is 12.0. The molecule has 4 nitrogen and oxygen atoms in total. The van der Waals surface area contributed by atoms with Crippen molar-refractivity contribution in [1.82, 2.24) is 5.32 Å². The molecule has 0 aliphatic carbocycles. The summed E-state index contributed by atoms with van der Waals surface area (Å²) in [5.74, 6) is 0.108. The van der Waals surface area contributed by atoms with E-state index in [2.05, 4.69) is 0 Å². The molecule has 120 valence electrons. The van der Waals surface area contributed by atoms with E-state index in [1.54, 1.807) is 6.07 Å². The molecule has 1 heterocycles. The minimum absolute atomic E-state index is 0.101. The Bertz CT molecular complexity index is 746. The zero-order chi connectivity index (χ0) is 16.7. The molecule has 0 spiro atoms. The Morgan fingerprint density at radius 1 is 1.13 bits per heavy atom. The molecule has 23 heavy (non-hydrogen) atoms. The van der Waals surface area contributed by atoms with Crippen LogP contribution in [-0.2, 0) is 5.54 Å². The summed E-state index contributed by atoms with van der Waals surface area (Å²) in [5.41, 5.74) is -2.97. The number of hydrogen-bond donors (Lipinski definition) is 1. The molecule has 0 aromatic heterocycles. The number of carbonyl (C=O) groups excluding carboxylic acids is 1. The molecular weight excluding hydrogens is 311 g/mol. The maximum atomic E-state index is 14.0. The maximum Gasteiger partial charge on any atom is 0.420 e. The van der Waals surface area contributed by atoms with Gasteiger partial charge >= 0.3 is 12.3 Å². The number of hydrogen-bond acceptors (Lipinski definition) is 3. The van der Waals surface area contributed by atoms with Gasteiger partial charge in [-0.15, -0.1) is 0 Å². The average Bonchev–Trinajstić information content (AvgIpc) is 2.53. The van der Waals surface area contributed by atoms with Crippen molar-refractivity contribution in [3.8, 4) is 11.5 Å². The third-order valence-electron chi connectivity index (χ3n) is 3.72. The summed E-state index contributed by atoms with van der Waals surface area (Å²) in [6.45, 7) is 0. The van der Waals surface area contributed by atoms with E-state index >= 15 is 0 Å². The Balaban J connectivity index is 2.32. The Labute approximate surface area is 129 Å². The minimum atomic E-state index is -4.77. The van der Waals surface area contributed by atoms with Gasteiger partial charge in [-0.3, -0.25) is 5.32 Å². The number of amides is 1. The molecule has 7 heteroatoms. The van der Waals surface area contributed by atoms with Gasteiger partial charge in [0.05, 0.1) is 7.11 Å². The van der Waals surface area contributed by atoms with E-state index in [1.807, 2.05) is 5.32 Å². The molecule has 0 saturated carbocycles. The number of halogens is 3. The van der Waals surface area contributed by atoms with E-state index in [-0.39, 0.29) is 16.9 Å². The van der Waals surface area contributed by atoms with Crippen LogP contribution in [0, 0.1) is 0 Å². The van der Waals surface area contributed by atoms with Crippen molar-refractivity contribution in [3.05, 3.63) is 59.7 Å². The van der Waals surface area contributed by atoms with Crippen molar-refractivity contribution in [2.75, 3.05) is 7.11 Å². The van der Waals surface area contributed by atoms with E-state index in [0.717, 1.165) is 0 Å². The SMILES string of the molecule is COc1ccc2c(c1)OC(=O)NC2(c1ccccc1)C(F)(F)F. The number of carbonyl (C=O) groups is 1. The Morgan fingerprint density at radius 2 is 1.83 bits per heavy atom. The second-order valence-electron chi connectivity index (χ2n) is 4.99. The van der Waals surface area contributed by atoms with Gasteiger partial charge in [-0.25, -0.2) is 4.79 Å². The van der Waals surface area contributed by atoms with Gasteiger partial charge in [-0.2, -0.15) is 13.2 Å². The lowest BCUT2D eigenvalue weighted by Crippen LogP contribution is -2.60. The summed E-state index contributed by atoms with van der Waals surface area (Å²) < 4.78 is 51.9. The second kappa shape index (κ2) is 5.19. The number of benzene rings is 2. The number of rotatable bonds is 2. The largest absolute Gasteiger partial charge is 0.497 e. The van der Waals surface area contributed by atoms with Crippen LogP contribution < -0.4 is 14.8 Å². The van der Waals surface area contributed by atoms with E-state index in [9.17, 15) is 18.0 Å². The molecule has 0 fully saturated rings. The van der Waals surface area contributed by atoms with Crippen molar-refractivity contribution >= 4 is 6.09 Å². The van der Waals surface area contributed by atoms with Crippen LogP contribution in [0.5, 0.6) is 11.5 Å². The summed E-state index contributed by atoms with van der Waals surface area (Å²) in [5, 5.41) is 1.95. The average molecular weight is 323 g/mol. The predicted molar refractivity (Wildman–Crippen MR) is 75.4 cm³/mol. The second-order valence-corrected chi connectivity index (χ2v) is 4.99. The summed E-state index contributed by atoms with van der Waals surface area (Å²) in [6.07, 6.45) is -5.94. The van der Waals surface area contributed by atoms with Crippen molar-refractivity contribution in [1.29, 1.82) is 0 Å². The summed E-state index contributed by atoms with van der Waals surface area (Å²) in [6, 6.07) is 11.1. The molecule has 1 amide bonds. The highest BCUT2D eigenvalue weighted by Crippen LogP contribution is 2.49. The van der Waals surface area contributed by atoms with E-state index in [1.165, 1.54) is 49.6 Å². The van der Waals surface area contributed by atoms with Gasteiger partial charge in [0.15, 0.2) is 5.54 Å². The third-order valence-corrected chi connectivity index (χ3v) is 3.72. The van der Waals surface area contributed by atoms with Crippen LogP contribution in [0.3, 0.4) is 0 Å². The Hall–Kier alpha value is -2.70. The van der Waals surface area contributed by atoms with Crippen LogP contribution in [0.1, 0.15) is 11.1 Å². The van der Waals surface area contributed by atoms with Crippen molar-refractivity contribution in [2.45, 2.75) is 11.7 Å². The summed E-state index contributed by atoms with van der Waals surface area (Å²) in [4.78, 5) is 11.8. The molecule has 1 aliphatic heterocycles. The normalized spacial score (nSPS) is 20.3. The Morgan fingerprint density at radius 3 is 2.43 bits per heavy atom. The number of ether oxygens (including phenoxy) is 2. The first-order chi connectivity index (χ1) is 10.9. The zero-order valence-corrected chi connectivity index (χ0v) is 12.0. The van der Waals surface area contributed by atoms with Gasteiger partial charge in [-0.05, 0) is 17.7 Å². The van der Waals surface area contributed by atoms with Gasteiger partial charge in [-0.1, -0.05) is 30.3 Å². The highest BCUT2D eigenvalue weighted by atomic mass is 19.4. The molecule has 0 bridgehead atoms. The van der Waals surface area contributed by atoms with E-state index < -0.39 is 17.8 Å². The molecule has 1 aliphatic rings. The highest BCUT2D eigenvalue weighted by molar-refractivity contribution is 5.77. The van der Waals surface area contributed by atoms with Gasteiger partial charge in [0.25, 0.3) is 0 Å². The summed E-state index contributed by atoms with van der Waals surface area (Å²) >= 11 is 0. The molecule has 1 unspecified atom stereocenters. The monoisotopic (exact) mass is 323 g/mol. The Kier molecular flexibility index (Phi) is 3.43. The van der Waals surface area contributed by atoms with Gasteiger partial charge in [0, 0.05) is 11.6 Å². The summed E-state index contributed by atoms with van der Waals surface area (Å²) in [7, 11) is 1.37. The van der Waals surface area contributed by atoms with Crippen molar-refractivity contribution in [3.63, 3.8) is 0 Å². The standard InChI is InChI=1S/C16H12F3NO3/c1-22-11-7-8-12-13(9-11)23-14(21)20-15(12,16(17,18)19)10-5-3-2-4-6-10/h2-9H,1H3,(H,20,21).